The van der Waals surface area contributed by atoms with E-state index in [9.17, 15) is 17.3 Å². The fourth-order valence-electron chi connectivity index (χ4n) is 0.816. The van der Waals surface area contributed by atoms with Crippen molar-refractivity contribution >= 4 is 7.25 Å². The zero-order chi connectivity index (χ0) is 11.4. The summed E-state index contributed by atoms with van der Waals surface area (Å²) in [5, 5.41) is 0. The first-order valence-corrected chi connectivity index (χ1v) is 3.82. The highest BCUT2D eigenvalue weighted by molar-refractivity contribution is 6.50. The maximum absolute atomic E-state index is 9.75. The zero-order valence-electron chi connectivity index (χ0n) is 7.79. The maximum atomic E-state index is 9.75. The summed E-state index contributed by atoms with van der Waals surface area (Å²) >= 11 is 0. The van der Waals surface area contributed by atoms with Crippen LogP contribution in [0.2, 0.25) is 0 Å². The van der Waals surface area contributed by atoms with Gasteiger partial charge in [0.2, 0.25) is 0 Å². The van der Waals surface area contributed by atoms with E-state index in [1.54, 1.807) is 6.20 Å². The van der Waals surface area contributed by atoms with Crippen LogP contribution in [0.3, 0.4) is 0 Å². The number of aryl methyl sites for hydroxylation is 1. The van der Waals surface area contributed by atoms with E-state index in [0.29, 0.717) is 0 Å². The number of nitrogens with zero attached hydrogens (tertiary/aromatic N) is 2. The van der Waals surface area contributed by atoms with Crippen molar-refractivity contribution < 1.29 is 17.3 Å². The highest BCUT2D eigenvalue weighted by atomic mass is 19.5. The second kappa shape index (κ2) is 4.99. The molecule has 3 nitrogen and oxygen atoms in total. The van der Waals surface area contributed by atoms with E-state index in [4.69, 9.17) is 5.73 Å². The van der Waals surface area contributed by atoms with Gasteiger partial charge in [-0.15, -0.1) is 0 Å². The Morgan fingerprint density at radius 3 is 2.00 bits per heavy atom. The number of nitrogens with two attached hydrogens (primary N) is 1. The molecule has 0 fully saturated rings. The molecule has 1 unspecified atom stereocenters. The van der Waals surface area contributed by atoms with E-state index in [1.807, 2.05) is 24.7 Å². The standard InChI is InChI=1S/C6H11N3.BF4/c1-5(7)6-8-3-4-9(6)2;2-1(3,4)5/h3-5H,7H2,1-2H3;/q;-1. The second-order valence-corrected chi connectivity index (χ2v) is 2.68. The van der Waals surface area contributed by atoms with Crippen LogP contribution in [0.25, 0.3) is 0 Å². The van der Waals surface area contributed by atoms with Crippen molar-refractivity contribution in [3.8, 4) is 0 Å². The average Bonchev–Trinajstić information content (AvgIpc) is 2.30. The van der Waals surface area contributed by atoms with Crippen molar-refractivity contribution in [1.82, 2.24) is 9.55 Å². The van der Waals surface area contributed by atoms with Crippen LogP contribution in [-0.2, 0) is 7.05 Å². The minimum Gasteiger partial charge on any atom is -0.418 e. The SMILES string of the molecule is CC(N)c1nccn1C.F[B-](F)(F)F. The van der Waals surface area contributed by atoms with Gasteiger partial charge in [-0.2, -0.15) is 0 Å². The lowest BCUT2D eigenvalue weighted by Crippen LogP contribution is -2.10. The van der Waals surface area contributed by atoms with Crippen LogP contribution in [0.5, 0.6) is 0 Å². The maximum Gasteiger partial charge on any atom is 0.673 e. The van der Waals surface area contributed by atoms with Gasteiger partial charge in [-0.1, -0.05) is 0 Å². The summed E-state index contributed by atoms with van der Waals surface area (Å²) in [7, 11) is -4.06. The van der Waals surface area contributed by atoms with E-state index in [-0.39, 0.29) is 6.04 Å². The van der Waals surface area contributed by atoms with Crippen molar-refractivity contribution in [2.75, 3.05) is 0 Å². The van der Waals surface area contributed by atoms with Crippen LogP contribution in [0.4, 0.5) is 17.3 Å². The first kappa shape index (κ1) is 13.0. The molecule has 1 aromatic rings. The van der Waals surface area contributed by atoms with Crippen molar-refractivity contribution in [1.29, 1.82) is 0 Å². The normalized spacial score (nSPS) is 13.1. The van der Waals surface area contributed by atoms with Crippen molar-refractivity contribution in [3.63, 3.8) is 0 Å². The van der Waals surface area contributed by atoms with Gasteiger partial charge >= 0.3 is 7.25 Å². The Labute approximate surface area is 79.0 Å². The highest BCUT2D eigenvalue weighted by Crippen LogP contribution is 2.06. The molecule has 1 atom stereocenters. The number of aromatic nitrogens is 2. The van der Waals surface area contributed by atoms with Crippen LogP contribution in [0, 0.1) is 0 Å². The molecule has 14 heavy (non-hydrogen) atoms. The fraction of sp³-hybridized carbons (Fsp3) is 0.500. The van der Waals surface area contributed by atoms with E-state index >= 15 is 0 Å². The van der Waals surface area contributed by atoms with Crippen LogP contribution in [0.15, 0.2) is 12.4 Å². The molecule has 1 rings (SSSR count). The molecule has 82 valence electrons. The van der Waals surface area contributed by atoms with Crippen LogP contribution in [-0.4, -0.2) is 16.8 Å². The summed E-state index contributed by atoms with van der Waals surface area (Å²) in [6.07, 6.45) is 3.64. The molecule has 0 aliphatic carbocycles. The Balaban J connectivity index is 0.000000292. The first-order chi connectivity index (χ1) is 6.22. The van der Waals surface area contributed by atoms with Crippen LogP contribution < -0.4 is 5.73 Å². The van der Waals surface area contributed by atoms with E-state index < -0.39 is 7.25 Å². The Kier molecular flexibility index (Phi) is 4.62. The molecule has 0 aliphatic heterocycles. The lowest BCUT2D eigenvalue weighted by molar-refractivity contribution is 0.368. The lowest BCUT2D eigenvalue weighted by Gasteiger charge is -2.02. The summed E-state index contributed by atoms with van der Waals surface area (Å²) in [5.41, 5.74) is 5.58. The molecule has 0 aliphatic rings. The van der Waals surface area contributed by atoms with Crippen molar-refractivity contribution in [2.24, 2.45) is 12.8 Å². The first-order valence-electron chi connectivity index (χ1n) is 3.82. The minimum atomic E-state index is -6.00. The molecule has 0 bridgehead atoms. The molecule has 8 heteroatoms. The summed E-state index contributed by atoms with van der Waals surface area (Å²) < 4.78 is 40.9. The van der Waals surface area contributed by atoms with E-state index in [2.05, 4.69) is 4.98 Å². The molecular formula is C6H11BF4N3-. The van der Waals surface area contributed by atoms with Gasteiger partial charge in [-0.3, -0.25) is 0 Å². The summed E-state index contributed by atoms with van der Waals surface area (Å²) in [5.74, 6) is 0.926. The molecule has 0 aromatic carbocycles. The highest BCUT2D eigenvalue weighted by Gasteiger charge is 2.20. The predicted molar refractivity (Wildman–Crippen MR) is 46.0 cm³/mol. The monoisotopic (exact) mass is 212 g/mol. The summed E-state index contributed by atoms with van der Waals surface area (Å²) in [6, 6.07) is 0.0324. The number of imidazole rings is 1. The van der Waals surface area contributed by atoms with Crippen molar-refractivity contribution in [3.05, 3.63) is 18.2 Å². The third-order valence-electron chi connectivity index (χ3n) is 1.27. The second-order valence-electron chi connectivity index (χ2n) is 2.68. The zero-order valence-corrected chi connectivity index (χ0v) is 7.79. The van der Waals surface area contributed by atoms with Gasteiger partial charge in [0.15, 0.2) is 0 Å². The molecule has 0 radical (unpaired) electrons. The Bertz CT molecular complexity index is 264. The third-order valence-corrected chi connectivity index (χ3v) is 1.27. The molecule has 0 saturated heterocycles. The lowest BCUT2D eigenvalue weighted by atomic mass is 10.3. The fourth-order valence-corrected chi connectivity index (χ4v) is 0.816. The molecule has 1 heterocycles. The smallest absolute Gasteiger partial charge is 0.418 e. The van der Waals surface area contributed by atoms with E-state index in [0.717, 1.165) is 5.82 Å². The van der Waals surface area contributed by atoms with E-state index in [1.165, 1.54) is 0 Å². The minimum absolute atomic E-state index is 0.0324. The molecule has 2 N–H and O–H groups in total. The Hall–Kier alpha value is -1.05. The Morgan fingerprint density at radius 2 is 1.86 bits per heavy atom. The van der Waals surface area contributed by atoms with Gasteiger partial charge in [-0.25, -0.2) is 4.98 Å². The largest absolute Gasteiger partial charge is 0.673 e. The number of halogens is 4. The molecule has 1 aromatic heterocycles. The van der Waals surface area contributed by atoms with Gasteiger partial charge in [0.05, 0.1) is 6.04 Å². The predicted octanol–water partition coefficient (Wildman–Crippen LogP) is 1.74. The Morgan fingerprint density at radius 1 is 1.43 bits per heavy atom. The quantitative estimate of drug-likeness (QED) is 0.569. The van der Waals surface area contributed by atoms with Gasteiger partial charge in [0.1, 0.15) is 5.82 Å². The number of rotatable bonds is 1. The van der Waals surface area contributed by atoms with Gasteiger partial charge in [0, 0.05) is 19.4 Å². The molecule has 0 amide bonds. The number of hydrogen-bond donors (Lipinski definition) is 1. The molecular weight excluding hydrogens is 201 g/mol. The topological polar surface area (TPSA) is 43.8 Å². The summed E-state index contributed by atoms with van der Waals surface area (Å²) in [6.45, 7) is 1.92. The van der Waals surface area contributed by atoms with Crippen LogP contribution in [0.1, 0.15) is 18.8 Å². The van der Waals surface area contributed by atoms with Crippen molar-refractivity contribution in [2.45, 2.75) is 13.0 Å². The summed E-state index contributed by atoms with van der Waals surface area (Å²) in [4.78, 5) is 4.05. The third kappa shape index (κ3) is 6.47. The molecule has 0 saturated carbocycles. The van der Waals surface area contributed by atoms with Gasteiger partial charge < -0.3 is 27.6 Å². The molecule has 0 spiro atoms. The number of hydrogen-bond acceptors (Lipinski definition) is 2. The van der Waals surface area contributed by atoms with Gasteiger partial charge in [-0.05, 0) is 6.92 Å². The average molecular weight is 212 g/mol. The van der Waals surface area contributed by atoms with Gasteiger partial charge in [0.25, 0.3) is 0 Å². The van der Waals surface area contributed by atoms with Crippen LogP contribution >= 0.6 is 0 Å².